The molecule has 1 unspecified atom stereocenters. The fraction of sp³-hybridized carbons (Fsp3) is 0.500. The van der Waals surface area contributed by atoms with Crippen molar-refractivity contribution in [3.05, 3.63) is 64.7 Å². The van der Waals surface area contributed by atoms with E-state index in [-0.39, 0.29) is 42.4 Å². The molecule has 4 rings (SSSR count). The number of rotatable bonds is 6. The van der Waals surface area contributed by atoms with Crippen LogP contribution in [0.3, 0.4) is 0 Å². The number of alkyl halides is 9. The van der Waals surface area contributed by atoms with Gasteiger partial charge in [-0.05, 0) is 66.6 Å². The van der Waals surface area contributed by atoms with Crippen molar-refractivity contribution in [2.45, 2.75) is 62.5 Å². The van der Waals surface area contributed by atoms with E-state index in [1.165, 1.54) is 4.90 Å². The SMILES string of the molecule is C[C@H](CC(=O)C1CC1)c1ccc(N2CCC(c3cc(C(F)(F)F)cc(C(F)(F)F)c3)(C(F)(F)F)C2)cc1. The van der Waals surface area contributed by atoms with Crippen LogP contribution in [0, 0.1) is 5.92 Å². The molecule has 0 radical (unpaired) electrons. The monoisotopic (exact) mass is 537 g/mol. The molecule has 2 aromatic carbocycles. The van der Waals surface area contributed by atoms with Crippen LogP contribution < -0.4 is 4.90 Å². The van der Waals surface area contributed by atoms with Gasteiger partial charge in [0.25, 0.3) is 0 Å². The highest BCUT2D eigenvalue weighted by Crippen LogP contribution is 2.50. The number of ketones is 1. The molecule has 0 amide bonds. The van der Waals surface area contributed by atoms with Gasteiger partial charge in [0.15, 0.2) is 0 Å². The van der Waals surface area contributed by atoms with E-state index in [2.05, 4.69) is 0 Å². The molecule has 202 valence electrons. The van der Waals surface area contributed by atoms with Crippen LogP contribution >= 0.6 is 0 Å². The number of hydrogen-bond acceptors (Lipinski definition) is 2. The Hall–Kier alpha value is -2.72. The van der Waals surface area contributed by atoms with Crippen molar-refractivity contribution in [2.24, 2.45) is 5.92 Å². The third-order valence-corrected chi connectivity index (χ3v) is 7.32. The summed E-state index contributed by atoms with van der Waals surface area (Å²) < 4.78 is 123. The molecule has 1 aliphatic heterocycles. The molecular weight excluding hydrogens is 513 g/mol. The standard InChI is InChI=1S/C26H24F9NO/c1-15(10-22(37)17-2-3-17)16-4-6-21(7-5-16)36-9-8-23(14-36,26(33,34)35)18-11-19(24(27,28)29)13-20(12-18)25(30,31)32/h4-7,11-13,15,17H,2-3,8-10,14H2,1H3/t15-,23?/m1/s1. The lowest BCUT2D eigenvalue weighted by atomic mass is 9.77. The van der Waals surface area contributed by atoms with Crippen molar-refractivity contribution in [1.82, 2.24) is 0 Å². The first-order chi connectivity index (χ1) is 17.0. The maximum absolute atomic E-state index is 14.4. The van der Waals surface area contributed by atoms with Crippen LogP contribution in [-0.2, 0) is 22.6 Å². The highest BCUT2D eigenvalue weighted by atomic mass is 19.4. The Bertz CT molecular complexity index is 1110. The number of benzene rings is 2. The fourth-order valence-corrected chi connectivity index (χ4v) is 4.90. The van der Waals surface area contributed by atoms with Gasteiger partial charge in [0, 0.05) is 31.1 Å². The van der Waals surface area contributed by atoms with Crippen LogP contribution in [0.2, 0.25) is 0 Å². The summed E-state index contributed by atoms with van der Waals surface area (Å²) in [5.41, 5.74) is -6.37. The Kier molecular flexibility index (Phi) is 6.82. The van der Waals surface area contributed by atoms with Gasteiger partial charge in [-0.1, -0.05) is 19.1 Å². The van der Waals surface area contributed by atoms with Gasteiger partial charge in [-0.2, -0.15) is 39.5 Å². The molecule has 2 aliphatic rings. The van der Waals surface area contributed by atoms with Crippen LogP contribution in [0.5, 0.6) is 0 Å². The van der Waals surface area contributed by atoms with E-state index in [1.807, 2.05) is 6.92 Å². The summed E-state index contributed by atoms with van der Waals surface area (Å²) in [7, 11) is 0. The molecule has 0 aromatic heterocycles. The van der Waals surface area contributed by atoms with Crippen molar-refractivity contribution < 1.29 is 44.3 Å². The Balaban J connectivity index is 1.64. The van der Waals surface area contributed by atoms with Crippen molar-refractivity contribution in [2.75, 3.05) is 18.0 Å². The average Bonchev–Trinajstić information content (AvgIpc) is 3.55. The zero-order valence-electron chi connectivity index (χ0n) is 19.7. The number of carbonyl (C=O) groups excluding carboxylic acids is 1. The maximum atomic E-state index is 14.4. The molecule has 11 heteroatoms. The predicted octanol–water partition coefficient (Wildman–Crippen LogP) is 7.91. The zero-order chi connectivity index (χ0) is 27.4. The van der Waals surface area contributed by atoms with Crippen molar-refractivity contribution in [1.29, 1.82) is 0 Å². The maximum Gasteiger partial charge on any atom is 0.416 e. The average molecular weight is 537 g/mol. The number of Topliss-reactive ketones (excluding diaryl/α,β-unsaturated/α-hetero) is 1. The second kappa shape index (κ2) is 9.23. The number of carbonyl (C=O) groups is 1. The zero-order valence-corrected chi connectivity index (χ0v) is 19.7. The van der Waals surface area contributed by atoms with Gasteiger partial charge in [-0.3, -0.25) is 4.79 Å². The molecule has 0 N–H and O–H groups in total. The first-order valence-corrected chi connectivity index (χ1v) is 11.8. The van der Waals surface area contributed by atoms with Crippen molar-refractivity contribution >= 4 is 11.5 Å². The van der Waals surface area contributed by atoms with Gasteiger partial charge in [0.1, 0.15) is 11.2 Å². The minimum absolute atomic E-state index is 0.0964. The Morgan fingerprint density at radius 1 is 0.919 bits per heavy atom. The fourth-order valence-electron chi connectivity index (χ4n) is 4.90. The summed E-state index contributed by atoms with van der Waals surface area (Å²) >= 11 is 0. The van der Waals surface area contributed by atoms with E-state index < -0.39 is 53.6 Å². The minimum atomic E-state index is -5.26. The van der Waals surface area contributed by atoms with Crippen LogP contribution in [0.1, 0.15) is 60.8 Å². The van der Waals surface area contributed by atoms with Gasteiger partial charge in [-0.25, -0.2) is 0 Å². The first kappa shape index (κ1) is 27.3. The van der Waals surface area contributed by atoms with E-state index in [0.717, 1.165) is 18.4 Å². The van der Waals surface area contributed by atoms with Crippen LogP contribution in [0.15, 0.2) is 42.5 Å². The Morgan fingerprint density at radius 2 is 1.46 bits per heavy atom. The van der Waals surface area contributed by atoms with Crippen molar-refractivity contribution in [3.8, 4) is 0 Å². The number of anilines is 1. The van der Waals surface area contributed by atoms with E-state index in [0.29, 0.717) is 12.1 Å². The highest BCUT2D eigenvalue weighted by molar-refractivity contribution is 5.83. The summed E-state index contributed by atoms with van der Waals surface area (Å²) in [6.07, 6.45) is -14.2. The highest BCUT2D eigenvalue weighted by Gasteiger charge is 2.60. The Morgan fingerprint density at radius 3 is 1.92 bits per heavy atom. The molecule has 2 fully saturated rings. The second-order valence-corrected chi connectivity index (χ2v) is 9.98. The van der Waals surface area contributed by atoms with E-state index in [1.54, 1.807) is 24.3 Å². The number of halogens is 9. The minimum Gasteiger partial charge on any atom is -0.370 e. The molecule has 1 saturated carbocycles. The predicted molar refractivity (Wildman–Crippen MR) is 118 cm³/mol. The molecule has 1 saturated heterocycles. The number of hydrogen-bond donors (Lipinski definition) is 0. The van der Waals surface area contributed by atoms with Crippen molar-refractivity contribution in [3.63, 3.8) is 0 Å². The topological polar surface area (TPSA) is 20.3 Å². The molecule has 1 heterocycles. The van der Waals surface area contributed by atoms with Gasteiger partial charge in [0.05, 0.1) is 11.1 Å². The third-order valence-electron chi connectivity index (χ3n) is 7.32. The van der Waals surface area contributed by atoms with Gasteiger partial charge < -0.3 is 4.90 Å². The van der Waals surface area contributed by atoms with Crippen LogP contribution in [0.25, 0.3) is 0 Å². The first-order valence-electron chi connectivity index (χ1n) is 11.8. The van der Waals surface area contributed by atoms with Gasteiger partial charge >= 0.3 is 18.5 Å². The van der Waals surface area contributed by atoms with E-state index in [4.69, 9.17) is 0 Å². The molecule has 0 spiro atoms. The quantitative estimate of drug-likeness (QED) is 0.349. The molecule has 2 atom stereocenters. The third kappa shape index (κ3) is 5.60. The second-order valence-electron chi connectivity index (χ2n) is 9.98. The molecule has 2 nitrogen and oxygen atoms in total. The molecular formula is C26H24F9NO. The van der Waals surface area contributed by atoms with Crippen LogP contribution in [0.4, 0.5) is 45.2 Å². The lowest BCUT2D eigenvalue weighted by molar-refractivity contribution is -0.185. The molecule has 1 aliphatic carbocycles. The normalized spacial score (nSPS) is 21.8. The largest absolute Gasteiger partial charge is 0.416 e. The Labute approximate surface area is 207 Å². The van der Waals surface area contributed by atoms with Gasteiger partial charge in [-0.15, -0.1) is 0 Å². The van der Waals surface area contributed by atoms with Gasteiger partial charge in [0.2, 0.25) is 0 Å². The summed E-state index contributed by atoms with van der Waals surface area (Å²) in [6.45, 7) is 0.821. The molecule has 37 heavy (non-hydrogen) atoms. The molecule has 2 aromatic rings. The van der Waals surface area contributed by atoms with Crippen LogP contribution in [-0.4, -0.2) is 25.0 Å². The molecule has 0 bridgehead atoms. The van der Waals surface area contributed by atoms with E-state index in [9.17, 15) is 44.3 Å². The summed E-state index contributed by atoms with van der Waals surface area (Å²) in [5.74, 6) is 0.182. The lowest BCUT2D eigenvalue weighted by Gasteiger charge is -2.33. The lowest BCUT2D eigenvalue weighted by Crippen LogP contribution is -2.45. The number of nitrogens with zero attached hydrogens (tertiary/aromatic N) is 1. The smallest absolute Gasteiger partial charge is 0.370 e. The summed E-state index contributed by atoms with van der Waals surface area (Å²) in [5, 5.41) is 0. The summed E-state index contributed by atoms with van der Waals surface area (Å²) in [6, 6.07) is 6.66. The summed E-state index contributed by atoms with van der Waals surface area (Å²) in [4.78, 5) is 13.4. The van der Waals surface area contributed by atoms with E-state index >= 15 is 0 Å².